The molecule has 0 spiro atoms. The first kappa shape index (κ1) is 28.2. The van der Waals surface area contributed by atoms with Crippen molar-refractivity contribution in [3.63, 3.8) is 0 Å². The topological polar surface area (TPSA) is 84.9 Å². The smallest absolute Gasteiger partial charge is 0.329 e. The van der Waals surface area contributed by atoms with Gasteiger partial charge in [0.1, 0.15) is 17.3 Å². The summed E-state index contributed by atoms with van der Waals surface area (Å²) >= 11 is 0. The number of esters is 1. The molecule has 0 aromatic heterocycles. The van der Waals surface area contributed by atoms with Crippen molar-refractivity contribution in [1.82, 2.24) is 10.2 Å². The molecule has 4 rings (SSSR count). The first-order valence-corrected chi connectivity index (χ1v) is 14.0. The summed E-state index contributed by atoms with van der Waals surface area (Å²) in [6.45, 7) is 11.8. The number of likely N-dealkylation sites (tertiary alicyclic amines) is 1. The third-order valence-corrected chi connectivity index (χ3v) is 9.65. The maximum absolute atomic E-state index is 13.5. The highest BCUT2D eigenvalue weighted by Gasteiger charge is 2.55. The molecular formula is C31H44N2O5. The maximum atomic E-state index is 13.5. The van der Waals surface area contributed by atoms with Crippen molar-refractivity contribution in [2.75, 3.05) is 13.7 Å². The van der Waals surface area contributed by atoms with Crippen molar-refractivity contribution < 1.29 is 23.9 Å². The van der Waals surface area contributed by atoms with Gasteiger partial charge in [-0.15, -0.1) is 0 Å². The molecule has 0 radical (unpaired) electrons. The van der Waals surface area contributed by atoms with E-state index in [2.05, 4.69) is 33.0 Å². The Hall–Kier alpha value is -2.83. The molecule has 3 fully saturated rings. The van der Waals surface area contributed by atoms with Crippen LogP contribution in [0.2, 0.25) is 0 Å². The van der Waals surface area contributed by atoms with Crippen molar-refractivity contribution in [2.24, 2.45) is 16.7 Å². The zero-order valence-electron chi connectivity index (χ0n) is 23.8. The highest BCUT2D eigenvalue weighted by molar-refractivity contribution is 6.00. The van der Waals surface area contributed by atoms with Crippen molar-refractivity contribution in [3.05, 3.63) is 35.9 Å². The average molecular weight is 525 g/mol. The van der Waals surface area contributed by atoms with Crippen molar-refractivity contribution >= 4 is 23.9 Å². The molecule has 1 aromatic carbocycles. The second-order valence-corrected chi connectivity index (χ2v) is 12.7. The number of nitrogens with zero attached hydrogens (tertiary/aromatic N) is 1. The van der Waals surface area contributed by atoms with Gasteiger partial charge in [0.05, 0.1) is 13.2 Å². The SMILES string of the molecule is COc1cccc(/C=C/C(=O)NC2(C(=O)N3CCCC3C(=O)OC(C)CC3CCC(C)(C)C3(C)C)CC2)c1. The number of ether oxygens (including phenoxy) is 2. The van der Waals surface area contributed by atoms with Crippen LogP contribution in [-0.2, 0) is 19.1 Å². The molecule has 1 aromatic rings. The number of nitrogens with one attached hydrogen (secondary N) is 1. The van der Waals surface area contributed by atoms with Crippen LogP contribution in [0.3, 0.4) is 0 Å². The predicted molar refractivity (Wildman–Crippen MR) is 147 cm³/mol. The van der Waals surface area contributed by atoms with E-state index >= 15 is 0 Å². The Morgan fingerprint density at radius 3 is 2.50 bits per heavy atom. The molecule has 3 atom stereocenters. The van der Waals surface area contributed by atoms with Crippen LogP contribution in [0.15, 0.2) is 30.3 Å². The molecule has 1 N–H and O–H groups in total. The molecule has 2 amide bonds. The summed E-state index contributed by atoms with van der Waals surface area (Å²) in [5, 5.41) is 2.91. The van der Waals surface area contributed by atoms with Gasteiger partial charge in [-0.25, -0.2) is 4.79 Å². The summed E-state index contributed by atoms with van der Waals surface area (Å²) < 4.78 is 11.1. The van der Waals surface area contributed by atoms with Gasteiger partial charge in [-0.3, -0.25) is 9.59 Å². The Morgan fingerprint density at radius 2 is 1.87 bits per heavy atom. The zero-order valence-corrected chi connectivity index (χ0v) is 23.8. The number of rotatable bonds is 9. The van der Waals surface area contributed by atoms with E-state index in [1.807, 2.05) is 31.2 Å². The lowest BCUT2D eigenvalue weighted by atomic mass is 9.66. The Kier molecular flexibility index (Phi) is 7.96. The van der Waals surface area contributed by atoms with Crippen LogP contribution < -0.4 is 10.1 Å². The molecule has 7 heteroatoms. The predicted octanol–water partition coefficient (Wildman–Crippen LogP) is 5.13. The fraction of sp³-hybridized carbons (Fsp3) is 0.645. The molecule has 38 heavy (non-hydrogen) atoms. The van der Waals surface area contributed by atoms with Crippen LogP contribution in [0.4, 0.5) is 0 Å². The summed E-state index contributed by atoms with van der Waals surface area (Å²) in [6, 6.07) is 6.81. The lowest BCUT2D eigenvalue weighted by Gasteiger charge is -2.40. The van der Waals surface area contributed by atoms with E-state index in [1.165, 1.54) is 12.5 Å². The first-order valence-electron chi connectivity index (χ1n) is 14.0. The fourth-order valence-electron chi connectivity index (χ4n) is 6.15. The van der Waals surface area contributed by atoms with E-state index in [0.29, 0.717) is 37.5 Å². The summed E-state index contributed by atoms with van der Waals surface area (Å²) in [6.07, 6.45) is 8.59. The molecule has 0 bridgehead atoms. The Bertz CT molecular complexity index is 1090. The molecule has 208 valence electrons. The number of carbonyl (C=O) groups is 3. The van der Waals surface area contributed by atoms with Crippen molar-refractivity contribution in [1.29, 1.82) is 0 Å². The normalized spacial score (nSPS) is 25.7. The second-order valence-electron chi connectivity index (χ2n) is 12.7. The van der Waals surface area contributed by atoms with E-state index in [4.69, 9.17) is 9.47 Å². The number of amides is 2. The van der Waals surface area contributed by atoms with Crippen LogP contribution in [0, 0.1) is 16.7 Å². The molecule has 2 aliphatic carbocycles. The van der Waals surface area contributed by atoms with Crippen LogP contribution in [0.5, 0.6) is 5.75 Å². The van der Waals surface area contributed by atoms with Gasteiger partial charge in [-0.2, -0.15) is 0 Å². The fourth-order valence-corrected chi connectivity index (χ4v) is 6.15. The van der Waals surface area contributed by atoms with Crippen molar-refractivity contribution in [3.8, 4) is 5.75 Å². The molecule has 1 aliphatic heterocycles. The Morgan fingerprint density at radius 1 is 1.13 bits per heavy atom. The summed E-state index contributed by atoms with van der Waals surface area (Å²) in [5.74, 6) is 0.382. The Balaban J connectivity index is 1.33. The van der Waals surface area contributed by atoms with E-state index in [0.717, 1.165) is 24.8 Å². The Labute approximate surface area is 227 Å². The monoisotopic (exact) mass is 524 g/mol. The van der Waals surface area contributed by atoms with Crippen LogP contribution >= 0.6 is 0 Å². The number of hydrogen-bond donors (Lipinski definition) is 1. The minimum absolute atomic E-state index is 0.175. The number of carbonyl (C=O) groups excluding carboxylic acids is 3. The molecule has 7 nitrogen and oxygen atoms in total. The minimum Gasteiger partial charge on any atom is -0.497 e. The van der Waals surface area contributed by atoms with E-state index in [9.17, 15) is 14.4 Å². The summed E-state index contributed by atoms with van der Waals surface area (Å²) in [7, 11) is 1.59. The van der Waals surface area contributed by atoms with Crippen LogP contribution in [0.1, 0.15) is 85.1 Å². The highest BCUT2D eigenvalue weighted by atomic mass is 16.5. The maximum Gasteiger partial charge on any atom is 0.329 e. The quantitative estimate of drug-likeness (QED) is 0.358. The molecule has 3 aliphatic rings. The van der Waals surface area contributed by atoms with Crippen LogP contribution in [-0.4, -0.2) is 54.0 Å². The number of hydrogen-bond acceptors (Lipinski definition) is 5. The highest BCUT2D eigenvalue weighted by Crippen LogP contribution is 2.57. The lowest BCUT2D eigenvalue weighted by molar-refractivity contribution is -0.159. The molecular weight excluding hydrogens is 480 g/mol. The number of benzene rings is 1. The molecule has 1 heterocycles. The standard InChI is InChI=1S/C31H44N2O5/c1-21(19-23-14-15-29(2,3)30(23,4)5)38-27(35)25-11-8-18-33(25)28(36)31(16-17-31)32-26(34)13-12-22-9-7-10-24(20-22)37-6/h7,9-10,12-13,20-21,23,25H,8,11,14-19H2,1-6H3,(H,32,34)/b13-12+. The first-order chi connectivity index (χ1) is 17.9. The third kappa shape index (κ3) is 5.76. The molecule has 1 saturated heterocycles. The summed E-state index contributed by atoms with van der Waals surface area (Å²) in [5.41, 5.74) is 0.351. The van der Waals surface area contributed by atoms with Gasteiger partial charge in [0.2, 0.25) is 11.8 Å². The van der Waals surface area contributed by atoms with E-state index in [1.54, 1.807) is 18.1 Å². The van der Waals surface area contributed by atoms with Gasteiger partial charge in [0.25, 0.3) is 0 Å². The van der Waals surface area contributed by atoms with E-state index in [-0.39, 0.29) is 34.7 Å². The average Bonchev–Trinajstić information content (AvgIpc) is 3.41. The third-order valence-electron chi connectivity index (χ3n) is 9.65. The zero-order chi connectivity index (χ0) is 27.7. The van der Waals surface area contributed by atoms with E-state index < -0.39 is 11.6 Å². The van der Waals surface area contributed by atoms with Gasteiger partial charge in [0.15, 0.2) is 0 Å². The van der Waals surface area contributed by atoms with Gasteiger partial charge >= 0.3 is 5.97 Å². The second kappa shape index (κ2) is 10.7. The van der Waals surface area contributed by atoms with Gasteiger partial charge in [0, 0.05) is 12.6 Å². The summed E-state index contributed by atoms with van der Waals surface area (Å²) in [4.78, 5) is 41.0. The molecule has 3 unspecified atom stereocenters. The van der Waals surface area contributed by atoms with Gasteiger partial charge < -0.3 is 19.7 Å². The van der Waals surface area contributed by atoms with Crippen LogP contribution in [0.25, 0.3) is 6.08 Å². The molecule has 2 saturated carbocycles. The number of methoxy groups -OCH3 is 1. The largest absolute Gasteiger partial charge is 0.497 e. The van der Waals surface area contributed by atoms with Gasteiger partial charge in [-0.05, 0) is 92.4 Å². The van der Waals surface area contributed by atoms with Crippen molar-refractivity contribution in [2.45, 2.75) is 97.2 Å². The lowest BCUT2D eigenvalue weighted by Crippen LogP contribution is -2.53. The minimum atomic E-state index is -0.927. The van der Waals surface area contributed by atoms with Gasteiger partial charge in [-0.1, -0.05) is 39.8 Å².